The van der Waals surface area contributed by atoms with Crippen LogP contribution in [-0.4, -0.2) is 12.3 Å². The lowest BCUT2D eigenvalue weighted by Gasteiger charge is -2.01. The second-order valence-electron chi connectivity index (χ2n) is 2.92. The van der Waals surface area contributed by atoms with Crippen molar-refractivity contribution in [3.63, 3.8) is 0 Å². The number of nitrogens with two attached hydrogens (primary N) is 1. The van der Waals surface area contributed by atoms with E-state index in [4.69, 9.17) is 5.73 Å². The zero-order valence-electron chi connectivity index (χ0n) is 8.14. The maximum absolute atomic E-state index is 10.6. The van der Waals surface area contributed by atoms with Crippen molar-refractivity contribution < 1.29 is 9.59 Å². The molecule has 0 bridgehead atoms. The van der Waals surface area contributed by atoms with E-state index in [2.05, 4.69) is 5.32 Å². The van der Waals surface area contributed by atoms with E-state index in [0.29, 0.717) is 12.1 Å². The Balaban J connectivity index is 2.73. The summed E-state index contributed by atoms with van der Waals surface area (Å²) in [5.74, 6) is 0. The van der Waals surface area contributed by atoms with Gasteiger partial charge in [-0.25, -0.2) is 4.79 Å². The van der Waals surface area contributed by atoms with Crippen molar-refractivity contribution in [1.29, 1.82) is 0 Å². The van der Waals surface area contributed by atoms with Crippen LogP contribution in [-0.2, 0) is 4.79 Å². The van der Waals surface area contributed by atoms with Crippen LogP contribution >= 0.6 is 0 Å². The van der Waals surface area contributed by atoms with Crippen molar-refractivity contribution >= 4 is 24.1 Å². The van der Waals surface area contributed by atoms with E-state index in [9.17, 15) is 9.59 Å². The van der Waals surface area contributed by atoms with E-state index >= 15 is 0 Å². The van der Waals surface area contributed by atoms with Gasteiger partial charge in [-0.2, -0.15) is 0 Å². The number of nitrogens with one attached hydrogen (secondary N) is 1. The number of carbonyl (C=O) groups excluding carboxylic acids is 2. The first-order chi connectivity index (χ1) is 7.22. The Morgan fingerprint density at radius 1 is 1.47 bits per heavy atom. The van der Waals surface area contributed by atoms with Crippen molar-refractivity contribution in [1.82, 2.24) is 0 Å². The number of urea groups is 1. The molecule has 1 aromatic carbocycles. The van der Waals surface area contributed by atoms with Gasteiger partial charge in [0.15, 0.2) is 0 Å². The number of amides is 2. The number of carbonyl (C=O) groups is 2. The predicted molar refractivity (Wildman–Crippen MR) is 59.4 cm³/mol. The summed E-state index contributed by atoms with van der Waals surface area (Å²) >= 11 is 0. The van der Waals surface area contributed by atoms with E-state index in [0.717, 1.165) is 11.8 Å². The van der Waals surface area contributed by atoms with Crippen LogP contribution < -0.4 is 11.1 Å². The van der Waals surface area contributed by atoms with Crippen LogP contribution in [0.4, 0.5) is 10.5 Å². The lowest BCUT2D eigenvalue weighted by atomic mass is 10.2. The van der Waals surface area contributed by atoms with Gasteiger partial charge in [0.05, 0.1) is 0 Å². The highest BCUT2D eigenvalue weighted by atomic mass is 16.2. The fourth-order valence-electron chi connectivity index (χ4n) is 1.12. The molecule has 0 aromatic heterocycles. The molecule has 3 N–H and O–H groups in total. The summed E-state index contributed by atoms with van der Waals surface area (Å²) in [4.78, 5) is 20.7. The average Bonchev–Trinajstić information content (AvgIpc) is 2.18. The summed E-state index contributed by atoms with van der Waals surface area (Å²) in [6.07, 6.45) is 4.76. The Bertz CT molecular complexity index is 386. The second kappa shape index (κ2) is 5.59. The highest BCUT2D eigenvalue weighted by Crippen LogP contribution is 2.11. The molecule has 0 saturated heterocycles. The van der Waals surface area contributed by atoms with Gasteiger partial charge in [0.2, 0.25) is 0 Å². The minimum Gasteiger partial charge on any atom is -0.351 e. The normalized spacial score (nSPS) is 10.1. The Morgan fingerprint density at radius 3 is 2.93 bits per heavy atom. The standard InChI is InChI=1S/C11H12N2O2/c12-11(15)13-10-6-3-5-9(8-10)4-1-2-7-14/h1,3-8H,2H2,(H3,12,13,15). The van der Waals surface area contributed by atoms with Gasteiger partial charge in [-0.05, 0) is 17.7 Å². The molecule has 78 valence electrons. The summed E-state index contributed by atoms with van der Waals surface area (Å²) in [7, 11) is 0. The fraction of sp³-hybridized carbons (Fsp3) is 0.0909. The number of benzene rings is 1. The fourth-order valence-corrected chi connectivity index (χ4v) is 1.12. The molecule has 0 spiro atoms. The van der Waals surface area contributed by atoms with Crippen LogP contribution in [0.5, 0.6) is 0 Å². The van der Waals surface area contributed by atoms with Crippen molar-refractivity contribution in [2.45, 2.75) is 6.42 Å². The van der Waals surface area contributed by atoms with Crippen LogP contribution in [0, 0.1) is 0 Å². The predicted octanol–water partition coefficient (Wildman–Crippen LogP) is 1.78. The van der Waals surface area contributed by atoms with E-state index in [1.165, 1.54) is 0 Å². The molecule has 2 amide bonds. The average molecular weight is 204 g/mol. The first kappa shape index (κ1) is 11.0. The molecule has 4 heteroatoms. The maximum Gasteiger partial charge on any atom is 0.316 e. The number of rotatable bonds is 4. The molecule has 0 aliphatic heterocycles. The largest absolute Gasteiger partial charge is 0.351 e. The molecule has 15 heavy (non-hydrogen) atoms. The minimum atomic E-state index is -0.593. The van der Waals surface area contributed by atoms with Gasteiger partial charge in [0.25, 0.3) is 0 Å². The zero-order chi connectivity index (χ0) is 11.1. The number of anilines is 1. The number of hydrogen-bond donors (Lipinski definition) is 2. The molecule has 0 aliphatic rings. The number of allylic oxidation sites excluding steroid dienone is 1. The number of hydrogen-bond acceptors (Lipinski definition) is 2. The lowest BCUT2D eigenvalue weighted by Crippen LogP contribution is -2.19. The third-order valence-electron chi connectivity index (χ3n) is 1.70. The quantitative estimate of drug-likeness (QED) is 0.734. The van der Waals surface area contributed by atoms with Crippen molar-refractivity contribution in [3.8, 4) is 0 Å². The first-order valence-corrected chi connectivity index (χ1v) is 4.49. The first-order valence-electron chi connectivity index (χ1n) is 4.49. The third-order valence-corrected chi connectivity index (χ3v) is 1.70. The van der Waals surface area contributed by atoms with Crippen LogP contribution in [0.1, 0.15) is 12.0 Å². The van der Waals surface area contributed by atoms with Crippen LogP contribution in [0.2, 0.25) is 0 Å². The van der Waals surface area contributed by atoms with Gasteiger partial charge in [-0.3, -0.25) is 0 Å². The monoisotopic (exact) mass is 204 g/mol. The second-order valence-corrected chi connectivity index (χ2v) is 2.92. The van der Waals surface area contributed by atoms with Gasteiger partial charge in [-0.1, -0.05) is 24.3 Å². The SMILES string of the molecule is NC(=O)Nc1cccc(C=CCC=O)c1. The summed E-state index contributed by atoms with van der Waals surface area (Å²) < 4.78 is 0. The molecule has 1 aromatic rings. The molecular formula is C11H12N2O2. The van der Waals surface area contributed by atoms with Gasteiger partial charge in [0, 0.05) is 12.1 Å². The smallest absolute Gasteiger partial charge is 0.316 e. The van der Waals surface area contributed by atoms with E-state index in [1.807, 2.05) is 6.07 Å². The molecular weight excluding hydrogens is 192 g/mol. The molecule has 0 radical (unpaired) electrons. The topological polar surface area (TPSA) is 72.2 Å². The van der Waals surface area contributed by atoms with Crippen molar-refractivity contribution in [3.05, 3.63) is 35.9 Å². The summed E-state index contributed by atoms with van der Waals surface area (Å²) in [5.41, 5.74) is 6.52. The van der Waals surface area contributed by atoms with Crippen LogP contribution in [0.15, 0.2) is 30.3 Å². The van der Waals surface area contributed by atoms with E-state index in [1.54, 1.807) is 30.4 Å². The summed E-state index contributed by atoms with van der Waals surface area (Å²) in [6, 6.07) is 6.58. The number of aldehydes is 1. The molecule has 1 rings (SSSR count). The van der Waals surface area contributed by atoms with Crippen LogP contribution in [0.3, 0.4) is 0 Å². The molecule has 0 fully saturated rings. The number of primary amides is 1. The Morgan fingerprint density at radius 2 is 2.27 bits per heavy atom. The minimum absolute atomic E-state index is 0.382. The molecule has 0 atom stereocenters. The van der Waals surface area contributed by atoms with Gasteiger partial charge in [-0.15, -0.1) is 0 Å². The van der Waals surface area contributed by atoms with E-state index in [-0.39, 0.29) is 0 Å². The molecule has 0 aliphatic carbocycles. The van der Waals surface area contributed by atoms with Gasteiger partial charge >= 0.3 is 6.03 Å². The Hall–Kier alpha value is -2.10. The molecule has 4 nitrogen and oxygen atoms in total. The summed E-state index contributed by atoms with van der Waals surface area (Å²) in [5, 5.41) is 2.47. The highest BCUT2D eigenvalue weighted by Gasteiger charge is 1.95. The third kappa shape index (κ3) is 4.08. The van der Waals surface area contributed by atoms with Gasteiger partial charge in [0.1, 0.15) is 6.29 Å². The van der Waals surface area contributed by atoms with E-state index < -0.39 is 6.03 Å². The highest BCUT2D eigenvalue weighted by molar-refractivity contribution is 5.88. The van der Waals surface area contributed by atoms with Crippen molar-refractivity contribution in [2.24, 2.45) is 5.73 Å². The van der Waals surface area contributed by atoms with Gasteiger partial charge < -0.3 is 15.8 Å². The Labute approximate surface area is 87.8 Å². The summed E-state index contributed by atoms with van der Waals surface area (Å²) in [6.45, 7) is 0. The maximum atomic E-state index is 10.6. The lowest BCUT2D eigenvalue weighted by molar-refractivity contribution is -0.107. The van der Waals surface area contributed by atoms with Crippen molar-refractivity contribution in [2.75, 3.05) is 5.32 Å². The Kier molecular flexibility index (Phi) is 4.09. The molecule has 0 unspecified atom stereocenters. The molecule has 0 saturated carbocycles. The zero-order valence-corrected chi connectivity index (χ0v) is 8.14. The molecule has 0 heterocycles. The van der Waals surface area contributed by atoms with Crippen LogP contribution in [0.25, 0.3) is 6.08 Å².